The molecule has 3 heterocycles. The summed E-state index contributed by atoms with van der Waals surface area (Å²) in [5.41, 5.74) is -1.81. The summed E-state index contributed by atoms with van der Waals surface area (Å²) in [6, 6.07) is 2.44. The molecule has 4 rings (SSSR count). The summed E-state index contributed by atoms with van der Waals surface area (Å²) in [5, 5.41) is 12.7. The Hall–Kier alpha value is -3.53. The van der Waals surface area contributed by atoms with Crippen LogP contribution in [0.3, 0.4) is 0 Å². The molecule has 0 bridgehead atoms. The van der Waals surface area contributed by atoms with E-state index in [0.717, 1.165) is 18.3 Å². The number of halogens is 2. The number of carbonyl (C=O) groups is 4. The summed E-state index contributed by atoms with van der Waals surface area (Å²) in [7, 11) is 0. The number of nitrogens with zero attached hydrogens (tertiary/aromatic N) is 2. The van der Waals surface area contributed by atoms with Gasteiger partial charge in [-0.3, -0.25) is 14.4 Å². The van der Waals surface area contributed by atoms with Gasteiger partial charge in [-0.2, -0.15) is 0 Å². The molecule has 0 saturated carbocycles. The van der Waals surface area contributed by atoms with Crippen LogP contribution in [0, 0.1) is 11.6 Å². The minimum atomic E-state index is -1.68. The van der Waals surface area contributed by atoms with Crippen molar-refractivity contribution in [2.75, 3.05) is 20.0 Å². The quantitative estimate of drug-likeness (QED) is 0.195. The van der Waals surface area contributed by atoms with Crippen molar-refractivity contribution in [3.05, 3.63) is 63.1 Å². The van der Waals surface area contributed by atoms with E-state index >= 15 is 0 Å². The van der Waals surface area contributed by atoms with Gasteiger partial charge in [-0.1, -0.05) is 6.07 Å². The van der Waals surface area contributed by atoms with Crippen molar-refractivity contribution in [1.82, 2.24) is 14.8 Å². The minimum Gasteiger partial charge on any atom is -0.546 e. The first-order valence-electron chi connectivity index (χ1n) is 11.1. The Labute approximate surface area is 240 Å². The molecule has 16 heteroatoms. The van der Waals surface area contributed by atoms with Crippen molar-refractivity contribution >= 4 is 23.9 Å². The van der Waals surface area contributed by atoms with Crippen LogP contribution in [0.15, 0.2) is 29.2 Å². The van der Waals surface area contributed by atoms with E-state index in [9.17, 15) is 37.9 Å². The van der Waals surface area contributed by atoms with Crippen LogP contribution in [0.5, 0.6) is 5.75 Å². The van der Waals surface area contributed by atoms with Gasteiger partial charge in [0.15, 0.2) is 11.9 Å². The van der Waals surface area contributed by atoms with Gasteiger partial charge in [0.05, 0.1) is 25.2 Å². The molecule has 2 aromatic rings. The van der Waals surface area contributed by atoms with Crippen molar-refractivity contribution in [2.24, 2.45) is 0 Å². The Morgan fingerprint density at radius 2 is 1.95 bits per heavy atom. The molecular formula is C23H20F2N3NaO10. The molecule has 0 aliphatic carbocycles. The van der Waals surface area contributed by atoms with Crippen LogP contribution in [0.2, 0.25) is 0 Å². The van der Waals surface area contributed by atoms with Crippen LogP contribution < -0.4 is 50.1 Å². The smallest absolute Gasteiger partial charge is 0.546 e. The first-order chi connectivity index (χ1) is 18.1. The average Bonchev–Trinajstić information content (AvgIpc) is 3.23. The van der Waals surface area contributed by atoms with Crippen LogP contribution in [0.4, 0.5) is 13.6 Å². The number of carboxylic acids is 1. The van der Waals surface area contributed by atoms with Crippen LogP contribution in [-0.4, -0.2) is 65.7 Å². The molecule has 0 spiro atoms. The standard InChI is InChI=1S/C23H21F2N3O10.Na/c1-11-8-35-16-7-27-6-14(21(32)26-5-12-2-3-13(24)4-15(12)25)19(31)20(18(27)22(33)28(11)16)37-10-38-23(34)36-9-17(29)30;/h2-4,6,11,16H,5,7-10H2,1H3,(H,26,32)(H,29,30);/q;+1/p-1/t11-,16+;/m0./s1. The van der Waals surface area contributed by atoms with E-state index in [1.165, 1.54) is 9.47 Å². The number of aliphatic carboxylic acids is 1. The van der Waals surface area contributed by atoms with Crippen LogP contribution >= 0.6 is 0 Å². The van der Waals surface area contributed by atoms with Gasteiger partial charge in [0, 0.05) is 24.4 Å². The van der Waals surface area contributed by atoms with Crippen LogP contribution in [0.1, 0.15) is 33.3 Å². The molecule has 13 nitrogen and oxygen atoms in total. The van der Waals surface area contributed by atoms with Gasteiger partial charge >= 0.3 is 35.7 Å². The van der Waals surface area contributed by atoms with Crippen molar-refractivity contribution in [2.45, 2.75) is 32.3 Å². The zero-order valence-electron chi connectivity index (χ0n) is 20.7. The normalized spacial score (nSPS) is 17.4. The molecule has 2 atom stereocenters. The maximum Gasteiger partial charge on any atom is 1.00 e. The summed E-state index contributed by atoms with van der Waals surface area (Å²) in [6.07, 6.45) is -1.01. The van der Waals surface area contributed by atoms with E-state index in [2.05, 4.69) is 14.8 Å². The maximum absolute atomic E-state index is 14.0. The predicted molar refractivity (Wildman–Crippen MR) is 117 cm³/mol. The predicted octanol–water partition coefficient (Wildman–Crippen LogP) is -3.50. The fourth-order valence-corrected chi connectivity index (χ4v) is 3.99. The summed E-state index contributed by atoms with van der Waals surface area (Å²) in [4.78, 5) is 62.6. The third-order valence-electron chi connectivity index (χ3n) is 5.73. The first kappa shape index (κ1) is 30.0. The molecule has 2 amide bonds. The molecule has 202 valence electrons. The van der Waals surface area contributed by atoms with E-state index in [0.29, 0.717) is 6.07 Å². The molecule has 39 heavy (non-hydrogen) atoms. The molecule has 1 aromatic carbocycles. The van der Waals surface area contributed by atoms with Gasteiger partial charge in [0.1, 0.15) is 23.8 Å². The average molecular weight is 559 g/mol. The molecule has 2 aliphatic heterocycles. The molecule has 1 aromatic heterocycles. The largest absolute Gasteiger partial charge is 1.00 e. The zero-order chi connectivity index (χ0) is 27.6. The minimum absolute atomic E-state index is 0. The fraction of sp³-hybridized carbons (Fsp3) is 0.348. The third kappa shape index (κ3) is 6.55. The number of aromatic nitrogens is 1. The van der Waals surface area contributed by atoms with E-state index in [4.69, 9.17) is 9.47 Å². The van der Waals surface area contributed by atoms with Gasteiger partial charge < -0.3 is 43.6 Å². The topological polar surface area (TPSA) is 166 Å². The molecule has 1 fully saturated rings. The number of ether oxygens (including phenoxy) is 4. The number of pyridine rings is 1. The van der Waals surface area contributed by atoms with E-state index in [1.54, 1.807) is 6.92 Å². The first-order valence-corrected chi connectivity index (χ1v) is 11.1. The number of carbonyl (C=O) groups excluding carboxylic acids is 4. The summed E-state index contributed by atoms with van der Waals surface area (Å²) in [5.74, 6) is -5.61. The molecule has 0 unspecified atom stereocenters. The Bertz CT molecular complexity index is 1370. The molecule has 2 aliphatic rings. The molecule has 1 saturated heterocycles. The SMILES string of the molecule is C[C@H]1CO[C@@H]2Cn3cc(C(=O)NCc4ccc(F)cc4F)c(=O)c(OCOC(=O)OCC(=O)[O-])c3C(=O)N12.[Na+]. The zero-order valence-corrected chi connectivity index (χ0v) is 22.7. The molecular weight excluding hydrogens is 539 g/mol. The number of carboxylic acid groups (broad SMARTS) is 1. The van der Waals surface area contributed by atoms with Gasteiger partial charge in [0.2, 0.25) is 18.0 Å². The fourth-order valence-electron chi connectivity index (χ4n) is 3.99. The second-order valence-electron chi connectivity index (χ2n) is 8.29. The number of hydrogen-bond donors (Lipinski definition) is 1. The van der Waals surface area contributed by atoms with Crippen LogP contribution in [-0.2, 0) is 32.1 Å². The van der Waals surface area contributed by atoms with Crippen molar-refractivity contribution in [3.63, 3.8) is 0 Å². The monoisotopic (exact) mass is 559 g/mol. The second kappa shape index (κ2) is 12.5. The number of hydrogen-bond acceptors (Lipinski definition) is 10. The van der Waals surface area contributed by atoms with Gasteiger partial charge in [0.25, 0.3) is 11.8 Å². The van der Waals surface area contributed by atoms with Crippen molar-refractivity contribution in [1.29, 1.82) is 0 Å². The Morgan fingerprint density at radius 1 is 1.21 bits per heavy atom. The number of nitrogens with one attached hydrogen (secondary N) is 1. The second-order valence-corrected chi connectivity index (χ2v) is 8.29. The van der Waals surface area contributed by atoms with Crippen molar-refractivity contribution < 1.29 is 81.6 Å². The number of amides is 2. The van der Waals surface area contributed by atoms with Gasteiger partial charge in [-0.15, -0.1) is 0 Å². The van der Waals surface area contributed by atoms with E-state index in [1.807, 2.05) is 0 Å². The number of rotatable bonds is 8. The summed E-state index contributed by atoms with van der Waals surface area (Å²) < 4.78 is 48.1. The third-order valence-corrected chi connectivity index (χ3v) is 5.73. The molecule has 1 N–H and O–H groups in total. The number of fused-ring (bicyclic) bond motifs is 2. The van der Waals surface area contributed by atoms with Crippen molar-refractivity contribution in [3.8, 4) is 5.75 Å². The maximum atomic E-state index is 14.0. The summed E-state index contributed by atoms with van der Waals surface area (Å²) in [6.45, 7) is -0.444. The van der Waals surface area contributed by atoms with Gasteiger partial charge in [-0.25, -0.2) is 13.6 Å². The Kier molecular flexibility index (Phi) is 9.66. The Morgan fingerprint density at radius 3 is 2.64 bits per heavy atom. The van der Waals surface area contributed by atoms with Crippen LogP contribution in [0.25, 0.3) is 0 Å². The Balaban J connectivity index is 0.00000420. The number of benzene rings is 1. The molecule has 0 radical (unpaired) electrons. The van der Waals surface area contributed by atoms with E-state index < -0.39 is 71.9 Å². The van der Waals surface area contributed by atoms with Gasteiger partial charge in [-0.05, 0) is 13.0 Å². The summed E-state index contributed by atoms with van der Waals surface area (Å²) >= 11 is 0. The van der Waals surface area contributed by atoms with E-state index in [-0.39, 0.29) is 66.6 Å².